The number of halogens is 1. The van der Waals surface area contributed by atoms with Gasteiger partial charge in [-0.2, -0.15) is 11.8 Å². The highest BCUT2D eigenvalue weighted by molar-refractivity contribution is 7.99. The summed E-state index contributed by atoms with van der Waals surface area (Å²) in [5.74, 6) is 2.83. The number of thioether (sulfide) groups is 1. The summed E-state index contributed by atoms with van der Waals surface area (Å²) in [4.78, 5) is 0. The molecule has 16 heavy (non-hydrogen) atoms. The number of rotatable bonds is 1. The maximum absolute atomic E-state index is 13.5. The minimum absolute atomic E-state index is 0.0957. The second-order valence-corrected chi connectivity index (χ2v) is 5.69. The zero-order valence-corrected chi connectivity index (χ0v) is 10.6. The van der Waals surface area contributed by atoms with E-state index in [9.17, 15) is 4.39 Å². The van der Waals surface area contributed by atoms with Crippen LogP contribution in [0.2, 0.25) is 0 Å². The fourth-order valence-corrected chi connectivity index (χ4v) is 3.09. The fraction of sp³-hybridized carbons (Fsp3) is 0.538. The van der Waals surface area contributed by atoms with Gasteiger partial charge in [0.2, 0.25) is 0 Å². The number of nitrogens with one attached hydrogen (secondary N) is 1. The predicted octanol–water partition coefficient (Wildman–Crippen LogP) is 3.15. The van der Waals surface area contributed by atoms with Gasteiger partial charge in [0.05, 0.1) is 0 Å². The first-order chi connectivity index (χ1) is 7.66. The van der Waals surface area contributed by atoms with Gasteiger partial charge in [-0.15, -0.1) is 0 Å². The Labute approximate surface area is 101 Å². The lowest BCUT2D eigenvalue weighted by molar-refractivity contribution is 0.514. The quantitative estimate of drug-likeness (QED) is 0.808. The fourth-order valence-electron chi connectivity index (χ4n) is 1.89. The highest BCUT2D eigenvalue weighted by Crippen LogP contribution is 2.24. The van der Waals surface area contributed by atoms with Gasteiger partial charge in [-0.05, 0) is 42.3 Å². The molecule has 0 aromatic heterocycles. The van der Waals surface area contributed by atoms with E-state index in [1.165, 1.54) is 5.75 Å². The lowest BCUT2D eigenvalue weighted by atomic mass is 10.1. The standard InChI is InChI=1S/C13H18FNS/c1-9-6-15-13(8-16-7-9)11-4-3-10(2)12(14)5-11/h3-5,9,13,15H,6-8H2,1-2H3. The molecule has 88 valence electrons. The van der Waals surface area contributed by atoms with E-state index in [2.05, 4.69) is 12.2 Å². The number of hydrogen-bond donors (Lipinski definition) is 1. The Morgan fingerprint density at radius 2 is 2.19 bits per heavy atom. The maximum atomic E-state index is 13.5. The molecule has 1 aromatic rings. The largest absolute Gasteiger partial charge is 0.309 e. The van der Waals surface area contributed by atoms with Gasteiger partial charge < -0.3 is 5.32 Å². The average Bonchev–Trinajstić information content (AvgIpc) is 2.47. The van der Waals surface area contributed by atoms with Crippen molar-refractivity contribution in [3.8, 4) is 0 Å². The molecule has 1 heterocycles. The molecule has 1 N–H and O–H groups in total. The predicted molar refractivity (Wildman–Crippen MR) is 68.4 cm³/mol. The second-order valence-electron chi connectivity index (χ2n) is 4.61. The van der Waals surface area contributed by atoms with E-state index >= 15 is 0 Å². The first kappa shape index (κ1) is 11.9. The number of aryl methyl sites for hydroxylation is 1. The summed E-state index contributed by atoms with van der Waals surface area (Å²) < 4.78 is 13.5. The molecule has 1 aromatic carbocycles. The van der Waals surface area contributed by atoms with Gasteiger partial charge in [-0.25, -0.2) is 4.39 Å². The van der Waals surface area contributed by atoms with Crippen LogP contribution in [0.3, 0.4) is 0 Å². The second kappa shape index (κ2) is 5.19. The number of hydrogen-bond acceptors (Lipinski definition) is 2. The maximum Gasteiger partial charge on any atom is 0.126 e. The lowest BCUT2D eigenvalue weighted by Crippen LogP contribution is -2.25. The first-order valence-corrected chi connectivity index (χ1v) is 6.89. The summed E-state index contributed by atoms with van der Waals surface area (Å²) >= 11 is 1.95. The summed E-state index contributed by atoms with van der Waals surface area (Å²) in [6, 6.07) is 5.87. The van der Waals surface area contributed by atoms with E-state index in [1.807, 2.05) is 23.9 Å². The molecule has 0 saturated carbocycles. The van der Waals surface area contributed by atoms with Crippen LogP contribution in [-0.2, 0) is 0 Å². The molecule has 2 atom stereocenters. The van der Waals surface area contributed by atoms with E-state index < -0.39 is 0 Å². The van der Waals surface area contributed by atoms with Crippen LogP contribution in [-0.4, -0.2) is 18.1 Å². The van der Waals surface area contributed by atoms with E-state index in [-0.39, 0.29) is 5.82 Å². The Bertz CT molecular complexity index is 367. The summed E-state index contributed by atoms with van der Waals surface area (Å²) in [5.41, 5.74) is 1.79. The van der Waals surface area contributed by atoms with Gasteiger partial charge in [0.15, 0.2) is 0 Å². The van der Waals surface area contributed by atoms with Crippen LogP contribution in [0.25, 0.3) is 0 Å². The molecule has 1 saturated heterocycles. The average molecular weight is 239 g/mol. The highest BCUT2D eigenvalue weighted by Gasteiger charge is 2.17. The van der Waals surface area contributed by atoms with Crippen molar-refractivity contribution in [3.63, 3.8) is 0 Å². The Kier molecular flexibility index (Phi) is 3.87. The van der Waals surface area contributed by atoms with Crippen LogP contribution in [0.15, 0.2) is 18.2 Å². The SMILES string of the molecule is Cc1ccc(C2CSCC(C)CN2)cc1F. The summed E-state index contributed by atoms with van der Waals surface area (Å²) in [7, 11) is 0. The smallest absolute Gasteiger partial charge is 0.126 e. The van der Waals surface area contributed by atoms with Crippen molar-refractivity contribution in [2.75, 3.05) is 18.1 Å². The molecular weight excluding hydrogens is 221 g/mol. The van der Waals surface area contributed by atoms with Crippen molar-refractivity contribution in [2.24, 2.45) is 5.92 Å². The third kappa shape index (κ3) is 2.77. The van der Waals surface area contributed by atoms with Crippen LogP contribution >= 0.6 is 11.8 Å². The van der Waals surface area contributed by atoms with Crippen molar-refractivity contribution in [1.29, 1.82) is 0 Å². The molecule has 0 aliphatic carbocycles. The minimum atomic E-state index is -0.0957. The van der Waals surface area contributed by atoms with Gasteiger partial charge in [0.1, 0.15) is 5.82 Å². The first-order valence-electron chi connectivity index (χ1n) is 5.74. The van der Waals surface area contributed by atoms with Crippen molar-refractivity contribution >= 4 is 11.8 Å². The summed E-state index contributed by atoms with van der Waals surface area (Å²) in [6.07, 6.45) is 0. The van der Waals surface area contributed by atoms with Crippen LogP contribution in [0.1, 0.15) is 24.1 Å². The molecule has 0 spiro atoms. The van der Waals surface area contributed by atoms with Crippen molar-refractivity contribution in [3.05, 3.63) is 35.1 Å². The highest BCUT2D eigenvalue weighted by atomic mass is 32.2. The molecule has 2 unspecified atom stereocenters. The van der Waals surface area contributed by atoms with Gasteiger partial charge >= 0.3 is 0 Å². The summed E-state index contributed by atoms with van der Waals surface area (Å²) in [5, 5.41) is 3.51. The Hall–Kier alpha value is -0.540. The molecular formula is C13H18FNS. The molecule has 1 aliphatic rings. The minimum Gasteiger partial charge on any atom is -0.309 e. The zero-order valence-electron chi connectivity index (χ0n) is 9.79. The van der Waals surface area contributed by atoms with Gasteiger partial charge in [-0.1, -0.05) is 19.1 Å². The zero-order chi connectivity index (χ0) is 11.5. The molecule has 2 rings (SSSR count). The van der Waals surface area contributed by atoms with E-state index in [0.29, 0.717) is 12.0 Å². The van der Waals surface area contributed by atoms with Crippen LogP contribution in [0.5, 0.6) is 0 Å². The monoisotopic (exact) mass is 239 g/mol. The van der Waals surface area contributed by atoms with E-state index in [0.717, 1.165) is 23.4 Å². The Morgan fingerprint density at radius 1 is 1.38 bits per heavy atom. The van der Waals surface area contributed by atoms with Crippen molar-refractivity contribution < 1.29 is 4.39 Å². The Balaban J connectivity index is 2.13. The van der Waals surface area contributed by atoms with Crippen molar-refractivity contribution in [2.45, 2.75) is 19.9 Å². The third-order valence-corrected chi connectivity index (χ3v) is 4.37. The molecule has 3 heteroatoms. The molecule has 1 aliphatic heterocycles. The molecule has 0 radical (unpaired) electrons. The number of benzene rings is 1. The summed E-state index contributed by atoms with van der Waals surface area (Å²) in [6.45, 7) is 5.07. The van der Waals surface area contributed by atoms with Crippen LogP contribution < -0.4 is 5.32 Å². The Morgan fingerprint density at radius 3 is 2.94 bits per heavy atom. The van der Waals surface area contributed by atoms with Crippen LogP contribution in [0.4, 0.5) is 4.39 Å². The van der Waals surface area contributed by atoms with Gasteiger partial charge in [0.25, 0.3) is 0 Å². The normalized spacial score (nSPS) is 26.4. The van der Waals surface area contributed by atoms with E-state index in [4.69, 9.17) is 0 Å². The molecule has 0 amide bonds. The van der Waals surface area contributed by atoms with Crippen LogP contribution in [0, 0.1) is 18.7 Å². The van der Waals surface area contributed by atoms with E-state index in [1.54, 1.807) is 13.0 Å². The van der Waals surface area contributed by atoms with Crippen molar-refractivity contribution in [1.82, 2.24) is 5.32 Å². The van der Waals surface area contributed by atoms with Gasteiger partial charge in [-0.3, -0.25) is 0 Å². The third-order valence-electron chi connectivity index (χ3n) is 3.00. The topological polar surface area (TPSA) is 12.0 Å². The molecule has 1 nitrogen and oxygen atoms in total. The lowest BCUT2D eigenvalue weighted by Gasteiger charge is -2.16. The molecule has 1 fully saturated rings. The van der Waals surface area contributed by atoms with Gasteiger partial charge in [0, 0.05) is 11.8 Å². The molecule has 0 bridgehead atoms.